The van der Waals surface area contributed by atoms with Gasteiger partial charge in [0.15, 0.2) is 0 Å². The molecule has 3 atom stereocenters. The minimum absolute atomic E-state index is 0.0288. The number of Topliss-reactive ketones (excluding diaryl/α,β-unsaturated/α-hetero) is 1. The summed E-state index contributed by atoms with van der Waals surface area (Å²) >= 11 is 3.31. The van der Waals surface area contributed by atoms with Gasteiger partial charge in [-0.25, -0.2) is 15.0 Å². The third-order valence-corrected chi connectivity index (χ3v) is 8.56. The van der Waals surface area contributed by atoms with Gasteiger partial charge in [0.05, 0.1) is 17.4 Å². The highest BCUT2D eigenvalue weighted by Crippen LogP contribution is 2.66. The Morgan fingerprint density at radius 3 is 2.60 bits per heavy atom. The first kappa shape index (κ1) is 28.0. The molecule has 2 fully saturated rings. The lowest BCUT2D eigenvalue weighted by atomic mass is 10.0. The zero-order valence-electron chi connectivity index (χ0n) is 23.0. The Balaban J connectivity index is 1.33. The van der Waals surface area contributed by atoms with Crippen molar-refractivity contribution in [1.29, 1.82) is 0 Å². The molecule has 1 aliphatic carbocycles. The number of ketones is 1. The Bertz CT molecular complexity index is 1780. The van der Waals surface area contributed by atoms with Gasteiger partial charge in [-0.15, -0.1) is 0 Å². The van der Waals surface area contributed by atoms with Crippen LogP contribution in [0.2, 0.25) is 0 Å². The normalized spacial score (nSPS) is 22.7. The predicted molar refractivity (Wildman–Crippen MR) is 153 cm³/mol. The van der Waals surface area contributed by atoms with Gasteiger partial charge in [-0.05, 0) is 53.9 Å². The predicted octanol–water partition coefficient (Wildman–Crippen LogP) is 2.18. The lowest BCUT2D eigenvalue weighted by molar-refractivity contribution is -0.151. The summed E-state index contributed by atoms with van der Waals surface area (Å²) in [6, 6.07) is 4.24. The SMILES string of the molecule is Cc1ncc(-c2cc3c(C(=O)CO)nn(CC(=O)N4[C@H](C(=O)Nc5nc(Br)ccc5C)C[C@@]5(C)C[C@@]45O)c3cn2)cn1. The number of carbonyl (C=O) groups is 3. The number of anilines is 1. The van der Waals surface area contributed by atoms with Gasteiger partial charge in [0, 0.05) is 35.2 Å². The zero-order chi connectivity index (χ0) is 30.0. The van der Waals surface area contributed by atoms with Crippen molar-refractivity contribution in [2.75, 3.05) is 11.9 Å². The van der Waals surface area contributed by atoms with Crippen molar-refractivity contribution in [1.82, 2.24) is 34.6 Å². The number of piperidine rings is 1. The van der Waals surface area contributed by atoms with Crippen LogP contribution in [0.3, 0.4) is 0 Å². The maximum absolute atomic E-state index is 13.8. The Hall–Kier alpha value is -4.14. The second kappa shape index (κ2) is 10.00. The molecule has 4 aromatic heterocycles. The summed E-state index contributed by atoms with van der Waals surface area (Å²) in [6.45, 7) is 4.25. The van der Waals surface area contributed by atoms with E-state index in [9.17, 15) is 24.6 Å². The molecule has 14 heteroatoms. The van der Waals surface area contributed by atoms with Crippen molar-refractivity contribution < 1.29 is 24.6 Å². The lowest BCUT2D eigenvalue weighted by Crippen LogP contribution is -2.51. The fraction of sp³-hybridized carbons (Fsp3) is 0.357. The molecule has 0 radical (unpaired) electrons. The van der Waals surface area contributed by atoms with E-state index in [1.807, 2.05) is 6.92 Å². The maximum Gasteiger partial charge on any atom is 0.248 e. The number of hydrogen-bond donors (Lipinski definition) is 3. The molecule has 0 bridgehead atoms. The van der Waals surface area contributed by atoms with Crippen LogP contribution in [0.25, 0.3) is 22.2 Å². The molecular weight excluding hydrogens is 608 g/mol. The highest BCUT2D eigenvalue weighted by molar-refractivity contribution is 9.10. The van der Waals surface area contributed by atoms with Crippen molar-refractivity contribution in [3.8, 4) is 11.3 Å². The molecule has 216 valence electrons. The first-order valence-electron chi connectivity index (χ1n) is 13.2. The van der Waals surface area contributed by atoms with E-state index in [0.717, 1.165) is 5.56 Å². The first-order valence-corrected chi connectivity index (χ1v) is 14.0. The third kappa shape index (κ3) is 4.55. The molecule has 2 aliphatic rings. The first-order chi connectivity index (χ1) is 19.9. The van der Waals surface area contributed by atoms with Gasteiger partial charge in [-0.1, -0.05) is 13.0 Å². The fourth-order valence-corrected chi connectivity index (χ4v) is 5.98. The van der Waals surface area contributed by atoms with Gasteiger partial charge in [0.1, 0.15) is 46.9 Å². The second-order valence-corrected chi connectivity index (χ2v) is 11.8. The number of rotatable bonds is 7. The van der Waals surface area contributed by atoms with Crippen LogP contribution in [-0.4, -0.2) is 80.8 Å². The lowest BCUT2D eigenvalue weighted by Gasteiger charge is -2.30. The van der Waals surface area contributed by atoms with E-state index in [1.165, 1.54) is 15.8 Å². The van der Waals surface area contributed by atoms with Gasteiger partial charge in [-0.3, -0.25) is 24.0 Å². The van der Waals surface area contributed by atoms with Gasteiger partial charge < -0.3 is 20.4 Å². The van der Waals surface area contributed by atoms with Crippen LogP contribution >= 0.6 is 15.9 Å². The van der Waals surface area contributed by atoms with Crippen molar-refractivity contribution in [3.05, 3.63) is 58.5 Å². The molecule has 1 saturated carbocycles. The van der Waals surface area contributed by atoms with Crippen LogP contribution in [0.4, 0.5) is 5.82 Å². The van der Waals surface area contributed by atoms with E-state index in [1.54, 1.807) is 44.4 Å². The van der Waals surface area contributed by atoms with Crippen LogP contribution in [0.5, 0.6) is 0 Å². The average molecular weight is 635 g/mol. The van der Waals surface area contributed by atoms with E-state index in [-0.39, 0.29) is 18.7 Å². The number of aromatic nitrogens is 6. The molecule has 1 saturated heterocycles. The molecule has 0 unspecified atom stereocenters. The number of likely N-dealkylation sites (tertiary alicyclic amines) is 1. The number of halogens is 1. The van der Waals surface area contributed by atoms with Crippen LogP contribution in [0.15, 0.2) is 41.4 Å². The number of pyridine rings is 2. The van der Waals surface area contributed by atoms with E-state index in [0.29, 0.717) is 44.8 Å². The van der Waals surface area contributed by atoms with Gasteiger partial charge >= 0.3 is 0 Å². The largest absolute Gasteiger partial charge is 0.388 e. The van der Waals surface area contributed by atoms with E-state index >= 15 is 0 Å². The molecule has 4 aromatic rings. The van der Waals surface area contributed by atoms with Crippen LogP contribution < -0.4 is 5.32 Å². The summed E-state index contributed by atoms with van der Waals surface area (Å²) in [5.74, 6) is -0.710. The van der Waals surface area contributed by atoms with E-state index in [2.05, 4.69) is 46.3 Å². The number of fused-ring (bicyclic) bond motifs is 2. The molecule has 6 rings (SSSR count). The number of carbonyl (C=O) groups excluding carboxylic acids is 3. The molecule has 0 aromatic carbocycles. The van der Waals surface area contributed by atoms with Crippen molar-refractivity contribution in [3.63, 3.8) is 0 Å². The number of hydrogen-bond acceptors (Lipinski definition) is 10. The molecule has 13 nitrogen and oxygen atoms in total. The minimum Gasteiger partial charge on any atom is -0.388 e. The number of nitrogens with one attached hydrogen (secondary N) is 1. The monoisotopic (exact) mass is 634 g/mol. The second-order valence-electron chi connectivity index (χ2n) is 11.0. The maximum atomic E-state index is 13.8. The topological polar surface area (TPSA) is 176 Å². The smallest absolute Gasteiger partial charge is 0.248 e. The third-order valence-electron chi connectivity index (χ3n) is 8.11. The Kier molecular flexibility index (Phi) is 6.66. The number of aliphatic hydroxyl groups excluding tert-OH is 1. The van der Waals surface area contributed by atoms with Crippen molar-refractivity contribution >= 4 is 50.2 Å². The summed E-state index contributed by atoms with van der Waals surface area (Å²) in [7, 11) is 0. The molecule has 1 aliphatic heterocycles. The highest BCUT2D eigenvalue weighted by atomic mass is 79.9. The summed E-state index contributed by atoms with van der Waals surface area (Å²) in [5.41, 5.74) is 0.0544. The van der Waals surface area contributed by atoms with Crippen LogP contribution in [0, 0.1) is 19.3 Å². The number of nitrogens with zero attached hydrogens (tertiary/aromatic N) is 7. The number of amides is 2. The zero-order valence-corrected chi connectivity index (χ0v) is 24.6. The molecule has 2 amide bonds. The summed E-state index contributed by atoms with van der Waals surface area (Å²) in [4.78, 5) is 58.3. The molecular formula is C28H27BrN8O5. The minimum atomic E-state index is -1.49. The average Bonchev–Trinajstić information content (AvgIpc) is 3.21. The summed E-state index contributed by atoms with van der Waals surface area (Å²) < 4.78 is 1.85. The van der Waals surface area contributed by atoms with E-state index in [4.69, 9.17) is 0 Å². The molecule has 5 heterocycles. The standard InChI is InChI=1S/C28H27BrN8O5/c1-14-4-5-22(29)33-25(14)34-26(41)19-7-27(3)13-28(27,42)37(19)23(40)11-36-20-10-32-18(16-8-30-15(2)31-9-16)6-17(20)24(35-36)21(39)12-38/h4-6,8-10,19,38,42H,7,11-13H2,1-3H3,(H,33,34,41)/t19-,27-,28-/m0/s1. The van der Waals surface area contributed by atoms with E-state index < -0.39 is 41.4 Å². The van der Waals surface area contributed by atoms with Crippen LogP contribution in [-0.2, 0) is 16.1 Å². The summed E-state index contributed by atoms with van der Waals surface area (Å²) in [5, 5.41) is 28.5. The Morgan fingerprint density at radius 1 is 1.14 bits per heavy atom. The van der Waals surface area contributed by atoms with Crippen molar-refractivity contribution in [2.45, 2.75) is 51.9 Å². The molecule has 0 spiro atoms. The number of aryl methyl sites for hydroxylation is 2. The van der Waals surface area contributed by atoms with Gasteiger partial charge in [0.25, 0.3) is 0 Å². The Morgan fingerprint density at radius 2 is 1.88 bits per heavy atom. The molecule has 3 N–H and O–H groups in total. The van der Waals surface area contributed by atoms with Gasteiger partial charge in [-0.2, -0.15) is 5.10 Å². The van der Waals surface area contributed by atoms with Gasteiger partial charge in [0.2, 0.25) is 17.6 Å². The quantitative estimate of drug-likeness (QED) is 0.202. The highest BCUT2D eigenvalue weighted by Gasteiger charge is 2.75. The number of aliphatic hydroxyl groups is 2. The Labute approximate surface area is 248 Å². The van der Waals surface area contributed by atoms with Crippen molar-refractivity contribution in [2.24, 2.45) is 5.41 Å². The molecule has 42 heavy (non-hydrogen) atoms. The summed E-state index contributed by atoms with van der Waals surface area (Å²) in [6.07, 6.45) is 5.29. The fourth-order valence-electron chi connectivity index (χ4n) is 5.67. The van der Waals surface area contributed by atoms with Crippen LogP contribution in [0.1, 0.15) is 41.6 Å².